The van der Waals surface area contributed by atoms with E-state index in [0.717, 1.165) is 6.08 Å². The van der Waals surface area contributed by atoms with Crippen molar-refractivity contribution in [2.75, 3.05) is 38.2 Å². The molecule has 1 heterocycles. The van der Waals surface area contributed by atoms with Crippen LogP contribution in [0.3, 0.4) is 0 Å². The summed E-state index contributed by atoms with van der Waals surface area (Å²) in [7, 11) is -3.70. The molecular formula is C21H21FN2O6S. The molecule has 0 bridgehead atoms. The molecule has 31 heavy (non-hydrogen) atoms. The first kappa shape index (κ1) is 22.6. The Morgan fingerprint density at radius 2 is 1.87 bits per heavy atom. The average Bonchev–Trinajstić information content (AvgIpc) is 2.77. The summed E-state index contributed by atoms with van der Waals surface area (Å²) < 4.78 is 49.9. The van der Waals surface area contributed by atoms with E-state index >= 15 is 0 Å². The first-order chi connectivity index (χ1) is 14.8. The van der Waals surface area contributed by atoms with Crippen LogP contribution < -0.4 is 5.32 Å². The topological polar surface area (TPSA) is 102 Å². The van der Waals surface area contributed by atoms with Gasteiger partial charge in [-0.1, -0.05) is 18.2 Å². The van der Waals surface area contributed by atoms with Crippen molar-refractivity contribution in [1.29, 1.82) is 0 Å². The van der Waals surface area contributed by atoms with Crippen LogP contribution in [0.25, 0.3) is 6.08 Å². The minimum absolute atomic E-state index is 0.0437. The Morgan fingerprint density at radius 1 is 1.13 bits per heavy atom. The van der Waals surface area contributed by atoms with Crippen molar-refractivity contribution in [3.05, 3.63) is 66.0 Å². The molecule has 8 nitrogen and oxygen atoms in total. The molecule has 0 aliphatic carbocycles. The van der Waals surface area contributed by atoms with Crippen LogP contribution in [-0.4, -0.2) is 57.5 Å². The normalized spacial score (nSPS) is 15.0. The molecule has 0 radical (unpaired) electrons. The maximum Gasteiger partial charge on any atom is 0.331 e. The van der Waals surface area contributed by atoms with Crippen molar-refractivity contribution in [3.8, 4) is 0 Å². The third kappa shape index (κ3) is 6.45. The van der Waals surface area contributed by atoms with Crippen LogP contribution in [0.15, 0.2) is 59.5 Å². The van der Waals surface area contributed by atoms with Crippen LogP contribution in [-0.2, 0) is 29.1 Å². The second-order valence-electron chi connectivity index (χ2n) is 6.59. The van der Waals surface area contributed by atoms with Gasteiger partial charge in [-0.15, -0.1) is 0 Å². The summed E-state index contributed by atoms with van der Waals surface area (Å²) in [5.41, 5.74) is 0.727. The van der Waals surface area contributed by atoms with Crippen molar-refractivity contribution in [1.82, 2.24) is 4.31 Å². The number of carbonyl (C=O) groups is 2. The van der Waals surface area contributed by atoms with Crippen molar-refractivity contribution in [2.45, 2.75) is 4.90 Å². The summed E-state index contributed by atoms with van der Waals surface area (Å²) in [5, 5.41) is 2.50. The van der Waals surface area contributed by atoms with Gasteiger partial charge in [0.25, 0.3) is 5.91 Å². The van der Waals surface area contributed by atoms with Crippen molar-refractivity contribution in [2.24, 2.45) is 0 Å². The van der Waals surface area contributed by atoms with Gasteiger partial charge in [0.1, 0.15) is 5.82 Å². The zero-order valence-corrected chi connectivity index (χ0v) is 17.3. The minimum Gasteiger partial charge on any atom is -0.452 e. The molecule has 1 amide bonds. The molecule has 1 aliphatic rings. The Balaban J connectivity index is 1.54. The van der Waals surface area contributed by atoms with E-state index in [1.165, 1.54) is 52.8 Å². The highest BCUT2D eigenvalue weighted by molar-refractivity contribution is 7.89. The molecule has 0 atom stereocenters. The molecule has 1 saturated heterocycles. The first-order valence-electron chi connectivity index (χ1n) is 9.43. The number of morpholine rings is 1. The molecule has 2 aromatic carbocycles. The molecule has 10 heteroatoms. The summed E-state index contributed by atoms with van der Waals surface area (Å²) in [5.74, 6) is -1.84. The van der Waals surface area contributed by atoms with E-state index in [4.69, 9.17) is 9.47 Å². The van der Waals surface area contributed by atoms with Gasteiger partial charge in [0, 0.05) is 24.9 Å². The SMILES string of the molecule is O=C(COC(=O)/C=C/c1cccc(F)c1)Nc1cccc(S(=O)(=O)N2CCOCC2)c1. The Bertz CT molecular complexity index is 1080. The molecule has 1 N–H and O–H groups in total. The van der Waals surface area contributed by atoms with Crippen molar-refractivity contribution in [3.63, 3.8) is 0 Å². The van der Waals surface area contributed by atoms with Crippen molar-refractivity contribution >= 4 is 33.7 Å². The van der Waals surface area contributed by atoms with Crippen LogP contribution in [0.1, 0.15) is 5.56 Å². The lowest BCUT2D eigenvalue weighted by Crippen LogP contribution is -2.40. The standard InChI is InChI=1S/C21H21FN2O6S/c22-17-4-1-3-16(13-17)7-8-21(26)30-15-20(25)23-18-5-2-6-19(14-18)31(27,28)24-9-11-29-12-10-24/h1-8,13-14H,9-12,15H2,(H,23,25)/b8-7+. The van der Waals surface area contributed by atoms with Crippen LogP contribution >= 0.6 is 0 Å². The third-order valence-electron chi connectivity index (χ3n) is 4.33. The monoisotopic (exact) mass is 448 g/mol. The number of anilines is 1. The Labute approximate surface area is 179 Å². The number of benzene rings is 2. The molecule has 0 unspecified atom stereocenters. The fraction of sp³-hybridized carbons (Fsp3) is 0.238. The molecule has 0 spiro atoms. The summed E-state index contributed by atoms with van der Waals surface area (Å²) in [6.45, 7) is 0.617. The molecule has 1 aliphatic heterocycles. The number of sulfonamides is 1. The zero-order valence-electron chi connectivity index (χ0n) is 16.5. The summed E-state index contributed by atoms with van der Waals surface area (Å²) in [6, 6.07) is 11.5. The predicted molar refractivity (Wildman–Crippen MR) is 111 cm³/mol. The number of halogens is 1. The second kappa shape index (κ2) is 10.3. The fourth-order valence-corrected chi connectivity index (χ4v) is 4.28. The van der Waals surface area contributed by atoms with E-state index in [9.17, 15) is 22.4 Å². The molecule has 3 rings (SSSR count). The van der Waals surface area contributed by atoms with Gasteiger partial charge in [0.05, 0.1) is 18.1 Å². The molecular weight excluding hydrogens is 427 g/mol. The summed E-state index contributed by atoms with van der Waals surface area (Å²) in [4.78, 5) is 23.8. The first-order valence-corrected chi connectivity index (χ1v) is 10.9. The van der Waals surface area contributed by atoms with Gasteiger partial charge in [0.2, 0.25) is 10.0 Å². The summed E-state index contributed by atoms with van der Waals surface area (Å²) >= 11 is 0. The third-order valence-corrected chi connectivity index (χ3v) is 6.23. The number of hydrogen-bond donors (Lipinski definition) is 1. The number of nitrogens with zero attached hydrogens (tertiary/aromatic N) is 1. The van der Waals surface area contributed by atoms with E-state index < -0.39 is 34.3 Å². The molecule has 0 saturated carbocycles. The van der Waals surface area contributed by atoms with Gasteiger partial charge in [0.15, 0.2) is 6.61 Å². The number of hydrogen-bond acceptors (Lipinski definition) is 6. The van der Waals surface area contributed by atoms with Crippen LogP contribution in [0.5, 0.6) is 0 Å². The highest BCUT2D eigenvalue weighted by Gasteiger charge is 2.26. The number of rotatable bonds is 7. The van der Waals surface area contributed by atoms with Gasteiger partial charge in [-0.2, -0.15) is 4.31 Å². The van der Waals surface area contributed by atoms with E-state index in [2.05, 4.69) is 5.32 Å². The number of nitrogens with one attached hydrogen (secondary N) is 1. The van der Waals surface area contributed by atoms with Gasteiger partial charge in [-0.05, 0) is 42.0 Å². The van der Waals surface area contributed by atoms with Crippen LogP contribution in [0, 0.1) is 5.82 Å². The van der Waals surface area contributed by atoms with Gasteiger partial charge >= 0.3 is 5.97 Å². The number of amides is 1. The largest absolute Gasteiger partial charge is 0.452 e. The van der Waals surface area contributed by atoms with Gasteiger partial charge < -0.3 is 14.8 Å². The minimum atomic E-state index is -3.70. The quantitative estimate of drug-likeness (QED) is 0.514. The summed E-state index contributed by atoms with van der Waals surface area (Å²) in [6.07, 6.45) is 2.45. The average molecular weight is 448 g/mol. The smallest absolute Gasteiger partial charge is 0.331 e. The van der Waals surface area contributed by atoms with E-state index in [1.54, 1.807) is 6.07 Å². The van der Waals surface area contributed by atoms with Crippen LogP contribution in [0.4, 0.5) is 10.1 Å². The van der Waals surface area contributed by atoms with Crippen molar-refractivity contribution < 1.29 is 31.9 Å². The van der Waals surface area contributed by atoms with E-state index in [-0.39, 0.29) is 23.7 Å². The zero-order chi connectivity index (χ0) is 22.3. The molecule has 1 fully saturated rings. The maximum atomic E-state index is 13.1. The van der Waals surface area contributed by atoms with Gasteiger partial charge in [-0.25, -0.2) is 17.6 Å². The maximum absolute atomic E-state index is 13.1. The lowest BCUT2D eigenvalue weighted by atomic mass is 10.2. The number of ether oxygens (including phenoxy) is 2. The van der Waals surface area contributed by atoms with Gasteiger partial charge in [-0.3, -0.25) is 4.79 Å². The lowest BCUT2D eigenvalue weighted by Gasteiger charge is -2.26. The molecule has 164 valence electrons. The highest BCUT2D eigenvalue weighted by Crippen LogP contribution is 2.20. The molecule has 0 aromatic heterocycles. The van der Waals surface area contributed by atoms with E-state index in [0.29, 0.717) is 18.8 Å². The lowest BCUT2D eigenvalue weighted by molar-refractivity contribution is -0.142. The molecule has 2 aromatic rings. The Hall–Kier alpha value is -3.08. The second-order valence-corrected chi connectivity index (χ2v) is 8.53. The fourth-order valence-electron chi connectivity index (χ4n) is 2.83. The highest BCUT2D eigenvalue weighted by atomic mass is 32.2. The Morgan fingerprint density at radius 3 is 2.61 bits per heavy atom. The van der Waals surface area contributed by atoms with E-state index in [1.807, 2.05) is 0 Å². The van der Waals surface area contributed by atoms with Crippen LogP contribution in [0.2, 0.25) is 0 Å². The number of carbonyl (C=O) groups excluding carboxylic acids is 2. The predicted octanol–water partition coefficient (Wildman–Crippen LogP) is 2.04. The number of esters is 1. The Kier molecular flexibility index (Phi) is 7.50.